The summed E-state index contributed by atoms with van der Waals surface area (Å²) in [5.41, 5.74) is 3.61. The van der Waals surface area contributed by atoms with Crippen LogP contribution in [0.4, 0.5) is 0 Å². The van der Waals surface area contributed by atoms with Gasteiger partial charge in [-0.2, -0.15) is 0 Å². The van der Waals surface area contributed by atoms with Crippen molar-refractivity contribution < 1.29 is 14.5 Å². The number of hydrogen-bond acceptors (Lipinski definition) is 3. The van der Waals surface area contributed by atoms with Crippen LogP contribution >= 0.6 is 11.6 Å². The van der Waals surface area contributed by atoms with Crippen molar-refractivity contribution in [3.63, 3.8) is 0 Å². The normalized spacial score (nSPS) is 13.3. The molecule has 0 unspecified atom stereocenters. The van der Waals surface area contributed by atoms with E-state index in [9.17, 15) is 9.82 Å². The molecule has 3 rings (SSSR count). The van der Waals surface area contributed by atoms with E-state index in [0.29, 0.717) is 24.5 Å². The summed E-state index contributed by atoms with van der Waals surface area (Å²) in [6.45, 7) is 0.426. The highest BCUT2D eigenvalue weighted by molar-refractivity contribution is 6.61. The first-order chi connectivity index (χ1) is 10.1. The Morgan fingerprint density at radius 2 is 1.81 bits per heavy atom. The highest BCUT2D eigenvalue weighted by atomic mass is 35.5. The van der Waals surface area contributed by atoms with E-state index in [4.69, 9.17) is 16.3 Å². The van der Waals surface area contributed by atoms with Crippen LogP contribution in [0.3, 0.4) is 0 Å². The molecule has 106 valence electrons. The van der Waals surface area contributed by atoms with Crippen LogP contribution in [0.1, 0.15) is 16.7 Å². The predicted octanol–water partition coefficient (Wildman–Crippen LogP) is 1.91. The highest BCUT2D eigenvalue weighted by Crippen LogP contribution is 2.14. The number of ketones is 1. The first-order valence-electron chi connectivity index (χ1n) is 6.79. The van der Waals surface area contributed by atoms with E-state index in [1.54, 1.807) is 12.1 Å². The van der Waals surface area contributed by atoms with Crippen molar-refractivity contribution in [2.75, 3.05) is 0 Å². The van der Waals surface area contributed by atoms with E-state index in [2.05, 4.69) is 0 Å². The molecule has 0 spiro atoms. The maximum Gasteiger partial charge on any atom is 0.491 e. The number of Topliss-reactive ketones (excluding diaryl/α,β-unsaturated/α-hetero) is 1. The van der Waals surface area contributed by atoms with Crippen LogP contribution in [0.25, 0.3) is 0 Å². The Morgan fingerprint density at radius 3 is 2.57 bits per heavy atom. The molecule has 2 aromatic rings. The second kappa shape index (κ2) is 6.02. The molecule has 1 N–H and O–H groups in total. The Balaban J connectivity index is 1.68. The lowest BCUT2D eigenvalue weighted by atomic mass is 9.78. The van der Waals surface area contributed by atoms with Crippen molar-refractivity contribution in [2.45, 2.75) is 19.4 Å². The summed E-state index contributed by atoms with van der Waals surface area (Å²) in [5, 5.41) is 10.3. The minimum absolute atomic E-state index is 0.130. The molecule has 0 saturated carbocycles. The van der Waals surface area contributed by atoms with Crippen LogP contribution in [-0.4, -0.2) is 17.9 Å². The third kappa shape index (κ3) is 3.35. The molecule has 5 heteroatoms. The fourth-order valence-electron chi connectivity index (χ4n) is 2.49. The summed E-state index contributed by atoms with van der Waals surface area (Å²) in [6.07, 6.45) is 0.732. The van der Waals surface area contributed by atoms with Crippen molar-refractivity contribution in [1.82, 2.24) is 0 Å². The fourth-order valence-corrected chi connectivity index (χ4v) is 2.62. The predicted molar refractivity (Wildman–Crippen MR) is 82.7 cm³/mol. The van der Waals surface area contributed by atoms with Gasteiger partial charge in [0.15, 0.2) is 0 Å². The molecule has 1 heterocycles. The summed E-state index contributed by atoms with van der Waals surface area (Å²) in [6, 6.07) is 13.0. The number of carbonyl (C=O) groups excluding carboxylic acids is 1. The minimum atomic E-state index is -0.869. The molecule has 0 fully saturated rings. The summed E-state index contributed by atoms with van der Waals surface area (Å²) >= 11 is 5.83. The maximum atomic E-state index is 12.1. The van der Waals surface area contributed by atoms with E-state index in [1.807, 2.05) is 30.3 Å². The number of fused-ring (bicyclic) bond motifs is 1. The van der Waals surface area contributed by atoms with Gasteiger partial charge >= 0.3 is 7.12 Å². The van der Waals surface area contributed by atoms with Gasteiger partial charge < -0.3 is 9.68 Å². The lowest BCUT2D eigenvalue weighted by Gasteiger charge is -2.05. The van der Waals surface area contributed by atoms with E-state index >= 15 is 0 Å². The number of halogens is 1. The van der Waals surface area contributed by atoms with Crippen molar-refractivity contribution >= 4 is 30.0 Å². The molecule has 0 bridgehead atoms. The SMILES string of the molecule is O=C(Cc1ccc(Cl)cc1)Cc1ccc2c(c1)B(O)OC2. The van der Waals surface area contributed by atoms with E-state index < -0.39 is 7.12 Å². The van der Waals surface area contributed by atoms with Crippen molar-refractivity contribution in [2.24, 2.45) is 0 Å². The summed E-state index contributed by atoms with van der Waals surface area (Å²) in [4.78, 5) is 12.1. The zero-order chi connectivity index (χ0) is 14.8. The van der Waals surface area contributed by atoms with Gasteiger partial charge in [0, 0.05) is 17.9 Å². The number of hydrogen-bond donors (Lipinski definition) is 1. The highest BCUT2D eigenvalue weighted by Gasteiger charge is 2.27. The number of carbonyl (C=O) groups is 1. The first kappa shape index (κ1) is 14.3. The van der Waals surface area contributed by atoms with Crippen molar-refractivity contribution in [1.29, 1.82) is 0 Å². The average Bonchev–Trinajstić information content (AvgIpc) is 2.83. The van der Waals surface area contributed by atoms with E-state index in [0.717, 1.165) is 22.2 Å². The Kier molecular flexibility index (Phi) is 4.11. The third-order valence-corrected chi connectivity index (χ3v) is 3.84. The molecule has 0 aromatic heterocycles. The zero-order valence-corrected chi connectivity index (χ0v) is 12.1. The second-order valence-corrected chi connectivity index (χ2v) is 5.65. The minimum Gasteiger partial charge on any atom is -0.423 e. The Morgan fingerprint density at radius 1 is 1.14 bits per heavy atom. The molecule has 0 atom stereocenters. The summed E-state index contributed by atoms with van der Waals surface area (Å²) in [7, 11) is -0.869. The lowest BCUT2D eigenvalue weighted by molar-refractivity contribution is -0.117. The van der Waals surface area contributed by atoms with Gasteiger partial charge in [-0.05, 0) is 34.3 Å². The van der Waals surface area contributed by atoms with Gasteiger partial charge in [0.25, 0.3) is 0 Å². The maximum absolute atomic E-state index is 12.1. The van der Waals surface area contributed by atoms with E-state index in [1.165, 1.54) is 0 Å². The van der Waals surface area contributed by atoms with Crippen LogP contribution in [-0.2, 0) is 28.9 Å². The first-order valence-corrected chi connectivity index (χ1v) is 7.17. The summed E-state index contributed by atoms with van der Waals surface area (Å²) in [5.74, 6) is 0.130. The van der Waals surface area contributed by atoms with Gasteiger partial charge in [0.2, 0.25) is 0 Å². The summed E-state index contributed by atoms with van der Waals surface area (Å²) < 4.78 is 5.15. The molecule has 0 saturated heterocycles. The molecule has 0 radical (unpaired) electrons. The lowest BCUT2D eigenvalue weighted by Crippen LogP contribution is -2.28. The van der Waals surface area contributed by atoms with Crippen LogP contribution in [0.15, 0.2) is 42.5 Å². The standard InChI is InChI=1S/C16H14BClO3/c18-14-5-2-11(3-6-14)7-15(19)8-12-1-4-13-10-21-17(20)16(13)9-12/h1-6,9,20H,7-8,10H2. The molecule has 0 aliphatic carbocycles. The molecule has 3 nitrogen and oxygen atoms in total. The van der Waals surface area contributed by atoms with E-state index in [-0.39, 0.29) is 5.78 Å². The van der Waals surface area contributed by atoms with Gasteiger partial charge in [0.1, 0.15) is 5.78 Å². The Hall–Kier alpha value is -1.62. The smallest absolute Gasteiger partial charge is 0.423 e. The van der Waals surface area contributed by atoms with Crippen LogP contribution in [0.2, 0.25) is 5.02 Å². The van der Waals surface area contributed by atoms with Crippen molar-refractivity contribution in [3.8, 4) is 0 Å². The molecule has 21 heavy (non-hydrogen) atoms. The molecule has 2 aromatic carbocycles. The van der Waals surface area contributed by atoms with Crippen LogP contribution < -0.4 is 5.46 Å². The largest absolute Gasteiger partial charge is 0.491 e. The van der Waals surface area contributed by atoms with Gasteiger partial charge in [-0.1, -0.05) is 41.9 Å². The molecule has 1 aliphatic heterocycles. The monoisotopic (exact) mass is 300 g/mol. The third-order valence-electron chi connectivity index (χ3n) is 3.59. The Labute approximate surface area is 128 Å². The van der Waals surface area contributed by atoms with Gasteiger partial charge in [-0.15, -0.1) is 0 Å². The Bertz CT molecular complexity index is 670. The van der Waals surface area contributed by atoms with Gasteiger partial charge in [-0.25, -0.2) is 0 Å². The molecular formula is C16H14BClO3. The topological polar surface area (TPSA) is 46.5 Å². The average molecular weight is 301 g/mol. The van der Waals surface area contributed by atoms with Gasteiger partial charge in [0.05, 0.1) is 6.61 Å². The second-order valence-electron chi connectivity index (χ2n) is 5.22. The van der Waals surface area contributed by atoms with Crippen molar-refractivity contribution in [3.05, 3.63) is 64.2 Å². The number of rotatable bonds is 4. The number of benzene rings is 2. The molecule has 1 aliphatic rings. The van der Waals surface area contributed by atoms with Crippen LogP contribution in [0.5, 0.6) is 0 Å². The van der Waals surface area contributed by atoms with Crippen LogP contribution in [0, 0.1) is 0 Å². The zero-order valence-electron chi connectivity index (χ0n) is 11.4. The quantitative estimate of drug-likeness (QED) is 0.878. The molecule has 0 amide bonds. The fraction of sp³-hybridized carbons (Fsp3) is 0.188. The van der Waals surface area contributed by atoms with Gasteiger partial charge in [-0.3, -0.25) is 4.79 Å². The molecular weight excluding hydrogens is 286 g/mol.